The second kappa shape index (κ2) is 6.60. The zero-order valence-electron chi connectivity index (χ0n) is 11.3. The molecule has 0 spiro atoms. The molecule has 3 N–H and O–H groups in total. The van der Waals surface area contributed by atoms with Crippen LogP contribution in [-0.4, -0.2) is 18.0 Å². The van der Waals surface area contributed by atoms with E-state index in [0.717, 1.165) is 12.8 Å². The molecule has 1 aliphatic carbocycles. The highest BCUT2D eigenvalue weighted by molar-refractivity contribution is 5.85. The molecule has 0 atom stereocenters. The molecule has 102 valence electrons. The third-order valence-corrected chi connectivity index (χ3v) is 3.18. The summed E-state index contributed by atoms with van der Waals surface area (Å²) in [7, 11) is 0. The van der Waals surface area contributed by atoms with Crippen molar-refractivity contribution in [3.8, 4) is 0 Å². The molecule has 3 nitrogen and oxygen atoms in total. The number of hydrogen-bond donors (Lipinski definition) is 2. The van der Waals surface area contributed by atoms with Crippen molar-refractivity contribution in [2.24, 2.45) is 11.1 Å². The van der Waals surface area contributed by atoms with E-state index in [0.29, 0.717) is 13.0 Å². The van der Waals surface area contributed by atoms with E-state index in [2.05, 4.69) is 26.1 Å². The van der Waals surface area contributed by atoms with Gasteiger partial charge in [-0.25, -0.2) is 0 Å². The lowest BCUT2D eigenvalue weighted by molar-refractivity contribution is -0.123. The molecule has 1 saturated carbocycles. The number of hydrogen-bond acceptors (Lipinski definition) is 2. The van der Waals surface area contributed by atoms with E-state index in [1.54, 1.807) is 0 Å². The van der Waals surface area contributed by atoms with Crippen LogP contribution in [0.3, 0.4) is 0 Å². The van der Waals surface area contributed by atoms with Crippen LogP contribution in [0.5, 0.6) is 0 Å². The first kappa shape index (κ1) is 16.7. The third-order valence-electron chi connectivity index (χ3n) is 3.18. The second-order valence-electron chi connectivity index (χ2n) is 6.44. The van der Waals surface area contributed by atoms with Crippen molar-refractivity contribution < 1.29 is 4.79 Å². The quantitative estimate of drug-likeness (QED) is 0.822. The first-order valence-electron chi connectivity index (χ1n) is 6.36. The number of nitrogens with two attached hydrogens (primary N) is 1. The molecule has 0 aromatic rings. The summed E-state index contributed by atoms with van der Waals surface area (Å²) in [6, 6.07) is 0. The summed E-state index contributed by atoms with van der Waals surface area (Å²) < 4.78 is 0. The average Bonchev–Trinajstić information content (AvgIpc) is 2.14. The van der Waals surface area contributed by atoms with Gasteiger partial charge in [0.05, 0.1) is 0 Å². The van der Waals surface area contributed by atoms with Crippen molar-refractivity contribution in [2.75, 3.05) is 6.54 Å². The SMILES string of the molecule is CC(C)(C)CC(=O)NCC1(N)CCCCC1.Cl. The molecular formula is C13H27ClN2O. The predicted octanol–water partition coefficient (Wildman–Crippen LogP) is 2.62. The highest BCUT2D eigenvalue weighted by atomic mass is 35.5. The molecule has 1 aliphatic rings. The van der Waals surface area contributed by atoms with Crippen molar-refractivity contribution in [2.45, 2.75) is 64.8 Å². The Kier molecular flexibility index (Phi) is 6.49. The molecule has 0 aliphatic heterocycles. The van der Waals surface area contributed by atoms with Gasteiger partial charge in [0.1, 0.15) is 0 Å². The van der Waals surface area contributed by atoms with Crippen molar-refractivity contribution in [3.05, 3.63) is 0 Å². The minimum absolute atomic E-state index is 0. The molecule has 1 fully saturated rings. The number of rotatable bonds is 3. The summed E-state index contributed by atoms with van der Waals surface area (Å²) in [5, 5.41) is 2.99. The third kappa shape index (κ3) is 6.89. The first-order valence-corrected chi connectivity index (χ1v) is 6.36. The number of nitrogens with one attached hydrogen (secondary N) is 1. The normalized spacial score (nSPS) is 19.3. The largest absolute Gasteiger partial charge is 0.354 e. The Bertz CT molecular complexity index is 242. The average molecular weight is 263 g/mol. The van der Waals surface area contributed by atoms with Crippen LogP contribution in [-0.2, 0) is 4.79 Å². The van der Waals surface area contributed by atoms with Crippen molar-refractivity contribution in [1.29, 1.82) is 0 Å². The molecule has 0 aromatic heterocycles. The minimum atomic E-state index is -0.147. The van der Waals surface area contributed by atoms with Crippen LogP contribution in [0.2, 0.25) is 0 Å². The lowest BCUT2D eigenvalue weighted by Gasteiger charge is -2.33. The van der Waals surface area contributed by atoms with Gasteiger partial charge in [-0.05, 0) is 18.3 Å². The van der Waals surface area contributed by atoms with Crippen LogP contribution in [0.25, 0.3) is 0 Å². The van der Waals surface area contributed by atoms with E-state index in [-0.39, 0.29) is 29.3 Å². The maximum atomic E-state index is 11.7. The van der Waals surface area contributed by atoms with Gasteiger partial charge >= 0.3 is 0 Å². The minimum Gasteiger partial charge on any atom is -0.354 e. The monoisotopic (exact) mass is 262 g/mol. The van der Waals surface area contributed by atoms with Gasteiger partial charge in [0, 0.05) is 18.5 Å². The maximum Gasteiger partial charge on any atom is 0.220 e. The van der Waals surface area contributed by atoms with Gasteiger partial charge in [0.15, 0.2) is 0 Å². The van der Waals surface area contributed by atoms with Gasteiger partial charge in [-0.3, -0.25) is 4.79 Å². The van der Waals surface area contributed by atoms with Crippen LogP contribution in [0.4, 0.5) is 0 Å². The van der Waals surface area contributed by atoms with E-state index in [4.69, 9.17) is 5.73 Å². The molecule has 17 heavy (non-hydrogen) atoms. The zero-order valence-corrected chi connectivity index (χ0v) is 12.2. The Hall–Kier alpha value is -0.280. The van der Waals surface area contributed by atoms with Gasteiger partial charge < -0.3 is 11.1 Å². The van der Waals surface area contributed by atoms with Crippen LogP contribution < -0.4 is 11.1 Å². The molecule has 0 unspecified atom stereocenters. The molecule has 0 bridgehead atoms. The molecule has 0 radical (unpaired) electrons. The molecule has 4 heteroatoms. The van der Waals surface area contributed by atoms with E-state index in [1.807, 2.05) is 0 Å². The fourth-order valence-electron chi connectivity index (χ4n) is 2.25. The van der Waals surface area contributed by atoms with Gasteiger partial charge in [-0.1, -0.05) is 40.0 Å². The zero-order chi connectivity index (χ0) is 12.2. The van der Waals surface area contributed by atoms with E-state index < -0.39 is 0 Å². The lowest BCUT2D eigenvalue weighted by atomic mass is 9.82. The number of halogens is 1. The van der Waals surface area contributed by atoms with Gasteiger partial charge in [-0.15, -0.1) is 12.4 Å². The Morgan fingerprint density at radius 1 is 1.24 bits per heavy atom. The molecular weight excluding hydrogens is 236 g/mol. The van der Waals surface area contributed by atoms with Crippen LogP contribution in [0.15, 0.2) is 0 Å². The fourth-order valence-corrected chi connectivity index (χ4v) is 2.25. The van der Waals surface area contributed by atoms with Crippen LogP contribution in [0.1, 0.15) is 59.3 Å². The molecule has 0 aromatic carbocycles. The second-order valence-corrected chi connectivity index (χ2v) is 6.44. The Morgan fingerprint density at radius 2 is 1.76 bits per heavy atom. The van der Waals surface area contributed by atoms with Crippen LogP contribution >= 0.6 is 12.4 Å². The highest BCUT2D eigenvalue weighted by Crippen LogP contribution is 2.25. The summed E-state index contributed by atoms with van der Waals surface area (Å²) in [5.74, 6) is 0.128. The topological polar surface area (TPSA) is 55.1 Å². The van der Waals surface area contributed by atoms with E-state index in [9.17, 15) is 4.79 Å². The summed E-state index contributed by atoms with van der Waals surface area (Å²) >= 11 is 0. The van der Waals surface area contributed by atoms with Gasteiger partial charge in [0.2, 0.25) is 5.91 Å². The van der Waals surface area contributed by atoms with Crippen LogP contribution in [0, 0.1) is 5.41 Å². The first-order chi connectivity index (χ1) is 7.31. The van der Waals surface area contributed by atoms with Crippen molar-refractivity contribution >= 4 is 18.3 Å². The van der Waals surface area contributed by atoms with Gasteiger partial charge in [-0.2, -0.15) is 0 Å². The summed E-state index contributed by atoms with van der Waals surface area (Å²) in [4.78, 5) is 11.7. The smallest absolute Gasteiger partial charge is 0.220 e. The highest BCUT2D eigenvalue weighted by Gasteiger charge is 2.28. The number of carbonyl (C=O) groups excluding carboxylic acids is 1. The number of amides is 1. The Morgan fingerprint density at radius 3 is 2.24 bits per heavy atom. The van der Waals surface area contributed by atoms with Crippen molar-refractivity contribution in [3.63, 3.8) is 0 Å². The molecule has 0 saturated heterocycles. The summed E-state index contributed by atoms with van der Waals surface area (Å²) in [6.07, 6.45) is 6.35. The van der Waals surface area contributed by atoms with Crippen molar-refractivity contribution in [1.82, 2.24) is 5.32 Å². The lowest BCUT2D eigenvalue weighted by Crippen LogP contribution is -2.51. The Labute approximate surface area is 111 Å². The molecule has 1 rings (SSSR count). The summed E-state index contributed by atoms with van der Waals surface area (Å²) in [5.41, 5.74) is 6.16. The predicted molar refractivity (Wildman–Crippen MR) is 74.3 cm³/mol. The fraction of sp³-hybridized carbons (Fsp3) is 0.923. The Balaban J connectivity index is 0.00000256. The standard InChI is InChI=1S/C13H26N2O.ClH/c1-12(2,3)9-11(16)15-10-13(14)7-5-4-6-8-13;/h4-10,14H2,1-3H3,(H,15,16);1H. The molecule has 1 amide bonds. The van der Waals surface area contributed by atoms with E-state index >= 15 is 0 Å². The van der Waals surface area contributed by atoms with Gasteiger partial charge in [0.25, 0.3) is 0 Å². The maximum absolute atomic E-state index is 11.7. The number of carbonyl (C=O) groups is 1. The molecule has 0 heterocycles. The summed E-state index contributed by atoms with van der Waals surface area (Å²) in [6.45, 7) is 6.87. The van der Waals surface area contributed by atoms with E-state index in [1.165, 1.54) is 19.3 Å².